The largest absolute Gasteiger partial charge is 0.497 e. The molecule has 0 bridgehead atoms. The molecule has 2 aromatic carbocycles. The fourth-order valence-electron chi connectivity index (χ4n) is 2.77. The van der Waals surface area contributed by atoms with Crippen molar-refractivity contribution in [2.75, 3.05) is 27.3 Å². The molecule has 1 aliphatic heterocycles. The molecule has 24 heavy (non-hydrogen) atoms. The van der Waals surface area contributed by atoms with E-state index in [1.807, 2.05) is 29.2 Å². The summed E-state index contributed by atoms with van der Waals surface area (Å²) in [5.74, 6) is 2.36. The second-order valence-electron chi connectivity index (χ2n) is 5.68. The first kappa shape index (κ1) is 16.2. The summed E-state index contributed by atoms with van der Waals surface area (Å²) in [6, 6.07) is 14.7. The topological polar surface area (TPSA) is 48.0 Å². The lowest BCUT2D eigenvalue weighted by Gasteiger charge is -2.17. The number of benzene rings is 2. The minimum atomic E-state index is 0.0144. The van der Waals surface area contributed by atoms with Gasteiger partial charge in [0.05, 0.1) is 20.8 Å². The molecule has 0 N–H and O–H groups in total. The average Bonchev–Trinajstić information content (AvgIpc) is 3.10. The van der Waals surface area contributed by atoms with Gasteiger partial charge in [0, 0.05) is 18.5 Å². The Balaban J connectivity index is 1.58. The molecular weight excluding hydrogens is 306 g/mol. The number of nitrogens with zero attached hydrogens (tertiary/aromatic N) is 1. The van der Waals surface area contributed by atoms with Crippen LogP contribution in [0.2, 0.25) is 0 Å². The molecule has 1 saturated heterocycles. The molecule has 0 aliphatic carbocycles. The number of hydrogen-bond acceptors (Lipinski definition) is 4. The maximum absolute atomic E-state index is 12.5. The molecule has 126 valence electrons. The SMILES string of the molecule is COc1ccc(OC2CCN(C(=O)c3ccc(OC)cc3)C2)cc1. The molecular formula is C19H21NO4. The molecule has 1 aliphatic rings. The highest BCUT2D eigenvalue weighted by Crippen LogP contribution is 2.22. The Labute approximate surface area is 141 Å². The Morgan fingerprint density at radius 1 is 0.917 bits per heavy atom. The van der Waals surface area contributed by atoms with Crippen LogP contribution in [-0.4, -0.2) is 44.2 Å². The molecule has 0 spiro atoms. The molecule has 0 saturated carbocycles. The highest BCUT2D eigenvalue weighted by Gasteiger charge is 2.28. The third kappa shape index (κ3) is 3.62. The van der Waals surface area contributed by atoms with E-state index < -0.39 is 0 Å². The van der Waals surface area contributed by atoms with Crippen LogP contribution in [-0.2, 0) is 0 Å². The molecule has 1 amide bonds. The van der Waals surface area contributed by atoms with Crippen molar-refractivity contribution in [3.63, 3.8) is 0 Å². The minimum Gasteiger partial charge on any atom is -0.497 e. The summed E-state index contributed by atoms with van der Waals surface area (Å²) in [5, 5.41) is 0. The number of methoxy groups -OCH3 is 2. The Bertz CT molecular complexity index is 682. The fraction of sp³-hybridized carbons (Fsp3) is 0.316. The van der Waals surface area contributed by atoms with Crippen LogP contribution < -0.4 is 14.2 Å². The predicted octanol–water partition coefficient (Wildman–Crippen LogP) is 3.00. The Hall–Kier alpha value is -2.69. The van der Waals surface area contributed by atoms with Crippen LogP contribution in [0.1, 0.15) is 16.8 Å². The van der Waals surface area contributed by atoms with Crippen LogP contribution in [0.3, 0.4) is 0 Å². The smallest absolute Gasteiger partial charge is 0.253 e. The number of likely N-dealkylation sites (tertiary alicyclic amines) is 1. The lowest BCUT2D eigenvalue weighted by Crippen LogP contribution is -2.30. The summed E-state index contributed by atoms with van der Waals surface area (Å²) < 4.78 is 16.2. The highest BCUT2D eigenvalue weighted by atomic mass is 16.5. The zero-order valence-corrected chi connectivity index (χ0v) is 13.9. The quantitative estimate of drug-likeness (QED) is 0.847. The first-order chi connectivity index (χ1) is 11.7. The van der Waals surface area contributed by atoms with Crippen molar-refractivity contribution < 1.29 is 19.0 Å². The van der Waals surface area contributed by atoms with Crippen molar-refractivity contribution in [2.24, 2.45) is 0 Å². The standard InChI is InChI=1S/C19H21NO4/c1-22-15-5-3-14(4-6-15)19(21)20-12-11-18(13-20)24-17-9-7-16(23-2)8-10-17/h3-10,18H,11-13H2,1-2H3. The molecule has 0 radical (unpaired) electrons. The van der Waals surface area contributed by atoms with Crippen LogP contribution in [0.25, 0.3) is 0 Å². The maximum atomic E-state index is 12.5. The Morgan fingerprint density at radius 2 is 1.46 bits per heavy atom. The van der Waals surface area contributed by atoms with Gasteiger partial charge in [0.1, 0.15) is 23.4 Å². The van der Waals surface area contributed by atoms with Gasteiger partial charge in [-0.25, -0.2) is 0 Å². The molecule has 1 fully saturated rings. The second kappa shape index (κ2) is 7.25. The zero-order valence-electron chi connectivity index (χ0n) is 13.9. The van der Waals surface area contributed by atoms with Gasteiger partial charge in [-0.3, -0.25) is 4.79 Å². The van der Waals surface area contributed by atoms with Crippen LogP contribution in [0, 0.1) is 0 Å². The summed E-state index contributed by atoms with van der Waals surface area (Å²) in [6.07, 6.45) is 0.842. The number of ether oxygens (including phenoxy) is 3. The summed E-state index contributed by atoms with van der Waals surface area (Å²) in [4.78, 5) is 14.4. The maximum Gasteiger partial charge on any atom is 0.253 e. The Morgan fingerprint density at radius 3 is 2.04 bits per heavy atom. The summed E-state index contributed by atoms with van der Waals surface area (Å²) >= 11 is 0. The van der Waals surface area contributed by atoms with E-state index in [0.717, 1.165) is 23.7 Å². The average molecular weight is 327 g/mol. The number of hydrogen-bond donors (Lipinski definition) is 0. The van der Waals surface area contributed by atoms with Crippen LogP contribution in [0.4, 0.5) is 0 Å². The predicted molar refractivity (Wildman–Crippen MR) is 90.9 cm³/mol. The summed E-state index contributed by atoms with van der Waals surface area (Å²) in [5.41, 5.74) is 0.667. The van der Waals surface area contributed by atoms with Crippen LogP contribution >= 0.6 is 0 Å². The van der Waals surface area contributed by atoms with Crippen LogP contribution in [0.15, 0.2) is 48.5 Å². The normalized spacial score (nSPS) is 16.8. The lowest BCUT2D eigenvalue weighted by atomic mass is 10.2. The van der Waals surface area contributed by atoms with Gasteiger partial charge in [-0.05, 0) is 48.5 Å². The van der Waals surface area contributed by atoms with Crippen LogP contribution in [0.5, 0.6) is 17.2 Å². The number of rotatable bonds is 5. The van der Waals surface area contributed by atoms with Crippen molar-refractivity contribution in [3.8, 4) is 17.2 Å². The van der Waals surface area contributed by atoms with Gasteiger partial charge in [0.15, 0.2) is 0 Å². The van der Waals surface area contributed by atoms with Crippen molar-refractivity contribution >= 4 is 5.91 Å². The molecule has 5 nitrogen and oxygen atoms in total. The van der Waals surface area contributed by atoms with E-state index in [1.54, 1.807) is 38.5 Å². The summed E-state index contributed by atoms with van der Waals surface area (Å²) in [7, 11) is 3.24. The highest BCUT2D eigenvalue weighted by molar-refractivity contribution is 5.94. The minimum absolute atomic E-state index is 0.0144. The second-order valence-corrected chi connectivity index (χ2v) is 5.68. The third-order valence-electron chi connectivity index (χ3n) is 4.13. The van der Waals surface area contributed by atoms with Crippen molar-refractivity contribution in [1.82, 2.24) is 4.90 Å². The van der Waals surface area contributed by atoms with Crippen molar-refractivity contribution in [1.29, 1.82) is 0 Å². The van der Waals surface area contributed by atoms with Gasteiger partial charge >= 0.3 is 0 Å². The molecule has 1 heterocycles. The number of carbonyl (C=O) groups excluding carboxylic acids is 1. The number of amides is 1. The molecule has 3 rings (SSSR count). The van der Waals surface area contributed by atoms with Crippen molar-refractivity contribution in [3.05, 3.63) is 54.1 Å². The molecule has 1 atom stereocenters. The van der Waals surface area contributed by atoms with Gasteiger partial charge in [-0.1, -0.05) is 0 Å². The van der Waals surface area contributed by atoms with Gasteiger partial charge in [0.25, 0.3) is 5.91 Å². The monoisotopic (exact) mass is 327 g/mol. The first-order valence-electron chi connectivity index (χ1n) is 7.93. The molecule has 1 unspecified atom stereocenters. The van der Waals surface area contributed by atoms with Crippen molar-refractivity contribution in [2.45, 2.75) is 12.5 Å². The zero-order chi connectivity index (χ0) is 16.9. The van der Waals surface area contributed by atoms with Gasteiger partial charge in [-0.15, -0.1) is 0 Å². The molecule has 0 aromatic heterocycles. The number of carbonyl (C=O) groups is 1. The third-order valence-corrected chi connectivity index (χ3v) is 4.13. The molecule has 2 aromatic rings. The molecule has 5 heteroatoms. The van der Waals surface area contributed by atoms with E-state index in [2.05, 4.69) is 0 Å². The van der Waals surface area contributed by atoms with Gasteiger partial charge < -0.3 is 19.1 Å². The van der Waals surface area contributed by atoms with E-state index >= 15 is 0 Å². The van der Waals surface area contributed by atoms with E-state index in [4.69, 9.17) is 14.2 Å². The van der Waals surface area contributed by atoms with Gasteiger partial charge in [0.2, 0.25) is 0 Å². The fourth-order valence-corrected chi connectivity index (χ4v) is 2.77. The van der Waals surface area contributed by atoms with Gasteiger partial charge in [-0.2, -0.15) is 0 Å². The van der Waals surface area contributed by atoms with E-state index in [9.17, 15) is 4.79 Å². The first-order valence-corrected chi connectivity index (χ1v) is 7.93. The van der Waals surface area contributed by atoms with E-state index in [-0.39, 0.29) is 12.0 Å². The van der Waals surface area contributed by atoms with E-state index in [1.165, 1.54) is 0 Å². The lowest BCUT2D eigenvalue weighted by molar-refractivity contribution is 0.0772. The van der Waals surface area contributed by atoms with E-state index in [0.29, 0.717) is 18.7 Å². The summed E-state index contributed by atoms with van der Waals surface area (Å²) in [6.45, 7) is 1.29. The Kier molecular flexibility index (Phi) is 4.89.